The lowest BCUT2D eigenvalue weighted by Gasteiger charge is -2.35. The van der Waals surface area contributed by atoms with E-state index in [1.54, 1.807) is 0 Å². The smallest absolute Gasteiger partial charge is 0.194 e. The van der Waals surface area contributed by atoms with Gasteiger partial charge in [0.25, 0.3) is 0 Å². The van der Waals surface area contributed by atoms with Crippen LogP contribution >= 0.6 is 0 Å². The van der Waals surface area contributed by atoms with E-state index < -0.39 is 17.5 Å². The van der Waals surface area contributed by atoms with Gasteiger partial charge in [-0.05, 0) is 37.0 Å². The zero-order valence-electron chi connectivity index (χ0n) is 12.8. The van der Waals surface area contributed by atoms with Gasteiger partial charge in [0.15, 0.2) is 17.5 Å². The van der Waals surface area contributed by atoms with Gasteiger partial charge in [0.05, 0.1) is 0 Å². The molecule has 0 aromatic heterocycles. The first kappa shape index (κ1) is 17.0. The number of hydrogen-bond donors (Lipinski definition) is 1. The summed E-state index contributed by atoms with van der Waals surface area (Å²) in [6.07, 6.45) is 5.55. The molecule has 1 N–H and O–H groups in total. The van der Waals surface area contributed by atoms with Crippen molar-refractivity contribution >= 4 is 0 Å². The van der Waals surface area contributed by atoms with E-state index in [9.17, 15) is 13.2 Å². The summed E-state index contributed by atoms with van der Waals surface area (Å²) >= 11 is 0. The van der Waals surface area contributed by atoms with Gasteiger partial charge in [-0.2, -0.15) is 0 Å². The van der Waals surface area contributed by atoms with Crippen LogP contribution in [0.3, 0.4) is 0 Å². The Morgan fingerprint density at radius 3 is 2.36 bits per heavy atom. The second-order valence-electron chi connectivity index (χ2n) is 5.67. The van der Waals surface area contributed by atoms with Crippen LogP contribution in [-0.2, 0) is 0 Å². The van der Waals surface area contributed by atoms with Crippen molar-refractivity contribution in [2.45, 2.75) is 31.7 Å². The molecule has 1 saturated heterocycles. The second-order valence-corrected chi connectivity index (χ2v) is 5.67. The molecule has 22 heavy (non-hydrogen) atoms. The number of allylic oxidation sites excluding steroid dienone is 1. The molecule has 2 rings (SSSR count). The molecule has 1 aliphatic heterocycles. The molecule has 0 aliphatic carbocycles. The van der Waals surface area contributed by atoms with Gasteiger partial charge < -0.3 is 5.32 Å². The monoisotopic (exact) mass is 312 g/mol. The topological polar surface area (TPSA) is 15.3 Å². The van der Waals surface area contributed by atoms with Crippen molar-refractivity contribution in [1.82, 2.24) is 10.2 Å². The Bertz CT molecular complexity index is 476. The van der Waals surface area contributed by atoms with Gasteiger partial charge in [0, 0.05) is 32.2 Å². The highest BCUT2D eigenvalue weighted by Gasteiger charge is 2.24. The van der Waals surface area contributed by atoms with Crippen molar-refractivity contribution < 1.29 is 13.2 Å². The predicted molar refractivity (Wildman–Crippen MR) is 82.2 cm³/mol. The zero-order valence-corrected chi connectivity index (χ0v) is 12.8. The van der Waals surface area contributed by atoms with Gasteiger partial charge in [0.1, 0.15) is 0 Å². The standard InChI is InChI=1S/C17H23F3N2/c1-2-3-4-5-6-16(22-9-7-21-8-10-22)13-11-14(18)17(20)15(19)12-13/h2,11-12,16,21H,1,3-10H2/t16-/m0/s1. The van der Waals surface area contributed by atoms with E-state index in [1.807, 2.05) is 6.08 Å². The molecule has 1 fully saturated rings. The van der Waals surface area contributed by atoms with Crippen molar-refractivity contribution in [3.63, 3.8) is 0 Å². The van der Waals surface area contributed by atoms with Crippen LogP contribution in [0.25, 0.3) is 0 Å². The van der Waals surface area contributed by atoms with Crippen molar-refractivity contribution in [1.29, 1.82) is 0 Å². The lowest BCUT2D eigenvalue weighted by Crippen LogP contribution is -2.45. The molecule has 0 unspecified atom stereocenters. The van der Waals surface area contributed by atoms with Gasteiger partial charge in [-0.25, -0.2) is 13.2 Å². The van der Waals surface area contributed by atoms with E-state index in [0.29, 0.717) is 5.56 Å². The minimum Gasteiger partial charge on any atom is -0.314 e. The van der Waals surface area contributed by atoms with Gasteiger partial charge in [-0.3, -0.25) is 4.90 Å². The fourth-order valence-electron chi connectivity index (χ4n) is 2.95. The summed E-state index contributed by atoms with van der Waals surface area (Å²) in [5.74, 6) is -3.61. The quantitative estimate of drug-likeness (QED) is 0.468. The van der Waals surface area contributed by atoms with Crippen molar-refractivity contribution in [3.8, 4) is 0 Å². The Labute approximate surface area is 130 Å². The maximum atomic E-state index is 13.6. The molecule has 2 nitrogen and oxygen atoms in total. The van der Waals surface area contributed by atoms with Crippen molar-refractivity contribution in [2.24, 2.45) is 0 Å². The lowest BCUT2D eigenvalue weighted by molar-refractivity contribution is 0.162. The number of unbranched alkanes of at least 4 members (excludes halogenated alkanes) is 2. The first-order valence-corrected chi connectivity index (χ1v) is 7.83. The minimum atomic E-state index is -1.39. The fourth-order valence-corrected chi connectivity index (χ4v) is 2.95. The Morgan fingerprint density at radius 1 is 1.14 bits per heavy atom. The van der Waals surface area contributed by atoms with Gasteiger partial charge in [-0.1, -0.05) is 12.5 Å². The number of nitrogens with one attached hydrogen (secondary N) is 1. The van der Waals surface area contributed by atoms with Gasteiger partial charge >= 0.3 is 0 Å². The first-order chi connectivity index (χ1) is 10.6. The van der Waals surface area contributed by atoms with Crippen LogP contribution in [0.15, 0.2) is 24.8 Å². The molecule has 0 spiro atoms. The predicted octanol–water partition coefficient (Wildman–Crippen LogP) is 3.80. The van der Waals surface area contributed by atoms with E-state index in [2.05, 4.69) is 16.8 Å². The van der Waals surface area contributed by atoms with E-state index in [1.165, 1.54) is 0 Å². The number of rotatable bonds is 7. The Balaban J connectivity index is 2.16. The Kier molecular flexibility index (Phi) is 6.46. The molecule has 1 atom stereocenters. The third-order valence-corrected chi connectivity index (χ3v) is 4.12. The summed E-state index contributed by atoms with van der Waals surface area (Å²) in [5, 5.41) is 3.27. The molecular weight excluding hydrogens is 289 g/mol. The van der Waals surface area contributed by atoms with E-state index in [4.69, 9.17) is 0 Å². The number of halogens is 3. The number of benzene rings is 1. The van der Waals surface area contributed by atoms with Crippen LogP contribution in [0.1, 0.15) is 37.3 Å². The summed E-state index contributed by atoms with van der Waals surface area (Å²) in [6, 6.07) is 2.20. The molecule has 0 bridgehead atoms. The van der Waals surface area contributed by atoms with Crippen molar-refractivity contribution in [2.75, 3.05) is 26.2 Å². The van der Waals surface area contributed by atoms with Crippen LogP contribution < -0.4 is 5.32 Å². The van der Waals surface area contributed by atoms with Gasteiger partial charge in [0.2, 0.25) is 0 Å². The number of piperazine rings is 1. The molecular formula is C17H23F3N2. The Morgan fingerprint density at radius 2 is 1.77 bits per heavy atom. The van der Waals surface area contributed by atoms with Crippen LogP contribution in [0.4, 0.5) is 13.2 Å². The van der Waals surface area contributed by atoms with Crippen LogP contribution in [0.5, 0.6) is 0 Å². The third-order valence-electron chi connectivity index (χ3n) is 4.12. The molecule has 5 heteroatoms. The van der Waals surface area contributed by atoms with E-state index in [-0.39, 0.29) is 6.04 Å². The van der Waals surface area contributed by atoms with Crippen LogP contribution in [0, 0.1) is 17.5 Å². The molecule has 0 amide bonds. The molecule has 1 aromatic rings. The largest absolute Gasteiger partial charge is 0.314 e. The second kappa shape index (κ2) is 8.34. The van der Waals surface area contributed by atoms with E-state index >= 15 is 0 Å². The molecule has 122 valence electrons. The lowest BCUT2D eigenvalue weighted by atomic mass is 9.97. The number of nitrogens with zero attached hydrogens (tertiary/aromatic N) is 1. The number of hydrogen-bond acceptors (Lipinski definition) is 2. The first-order valence-electron chi connectivity index (χ1n) is 7.83. The van der Waals surface area contributed by atoms with Crippen LogP contribution in [-0.4, -0.2) is 31.1 Å². The van der Waals surface area contributed by atoms with E-state index in [0.717, 1.165) is 64.0 Å². The summed E-state index contributed by atoms with van der Waals surface area (Å²) in [4.78, 5) is 2.22. The van der Waals surface area contributed by atoms with Crippen molar-refractivity contribution in [3.05, 3.63) is 47.8 Å². The highest BCUT2D eigenvalue weighted by molar-refractivity contribution is 5.23. The normalized spacial score (nSPS) is 17.4. The highest BCUT2D eigenvalue weighted by Crippen LogP contribution is 2.29. The molecule has 1 heterocycles. The molecule has 1 aliphatic rings. The summed E-state index contributed by atoms with van der Waals surface area (Å²) in [7, 11) is 0. The molecule has 0 radical (unpaired) electrons. The maximum Gasteiger partial charge on any atom is 0.194 e. The molecule has 0 saturated carbocycles. The average molecular weight is 312 g/mol. The summed E-state index contributed by atoms with van der Waals surface area (Å²) < 4.78 is 40.3. The summed E-state index contributed by atoms with van der Waals surface area (Å²) in [5.41, 5.74) is 0.525. The SMILES string of the molecule is C=CCCCC[C@@H](c1cc(F)c(F)c(F)c1)N1CCNCC1. The minimum absolute atomic E-state index is 0.0727. The summed E-state index contributed by atoms with van der Waals surface area (Å²) in [6.45, 7) is 7.06. The van der Waals surface area contributed by atoms with Crippen LogP contribution in [0.2, 0.25) is 0 Å². The fraction of sp³-hybridized carbons (Fsp3) is 0.529. The Hall–Kier alpha value is -1.33. The highest BCUT2D eigenvalue weighted by atomic mass is 19.2. The third kappa shape index (κ3) is 4.34. The zero-order chi connectivity index (χ0) is 15.9. The molecule has 1 aromatic carbocycles. The average Bonchev–Trinajstić information content (AvgIpc) is 2.53. The maximum absolute atomic E-state index is 13.6. The van der Waals surface area contributed by atoms with Gasteiger partial charge in [-0.15, -0.1) is 6.58 Å².